The van der Waals surface area contributed by atoms with Crippen LogP contribution in [0.2, 0.25) is 0 Å². The molecule has 0 spiro atoms. The Morgan fingerprint density at radius 2 is 1.78 bits per heavy atom. The second kappa shape index (κ2) is 6.42. The topological polar surface area (TPSA) is 67.5 Å². The van der Waals surface area contributed by atoms with Crippen LogP contribution in [0, 0.1) is 5.82 Å². The Balaban J connectivity index is 1.86. The molecular weight excluding hydrogens is 349 g/mol. The van der Waals surface area contributed by atoms with Crippen molar-refractivity contribution < 1.29 is 18.7 Å². The second-order valence-corrected chi connectivity index (χ2v) is 6.30. The fourth-order valence-electron chi connectivity index (χ4n) is 3.51. The first kappa shape index (κ1) is 17.1. The number of rotatable bonds is 4. The summed E-state index contributed by atoms with van der Waals surface area (Å²) in [5, 5.41) is 7.16. The molecule has 3 aromatic rings. The third-order valence-electron chi connectivity index (χ3n) is 4.84. The van der Waals surface area contributed by atoms with E-state index in [-0.39, 0.29) is 17.8 Å². The molecule has 4 rings (SSSR count). The number of hydrogen-bond acceptors (Lipinski definition) is 4. The fraction of sp³-hybridized carbons (Fsp3) is 0.200. The number of nitrogens with zero attached hydrogens (tertiary/aromatic N) is 2. The molecule has 0 saturated heterocycles. The molecule has 138 valence electrons. The van der Waals surface area contributed by atoms with Gasteiger partial charge in [0.15, 0.2) is 11.5 Å². The Labute approximate surface area is 155 Å². The van der Waals surface area contributed by atoms with Crippen molar-refractivity contribution in [1.29, 1.82) is 0 Å². The zero-order chi connectivity index (χ0) is 19.1. The van der Waals surface area contributed by atoms with Crippen LogP contribution in [0.4, 0.5) is 4.39 Å². The second-order valence-electron chi connectivity index (χ2n) is 6.30. The van der Waals surface area contributed by atoms with Gasteiger partial charge in [-0.3, -0.25) is 9.89 Å². The van der Waals surface area contributed by atoms with Gasteiger partial charge < -0.3 is 14.4 Å². The van der Waals surface area contributed by atoms with Crippen molar-refractivity contribution in [3.8, 4) is 22.8 Å². The first-order valence-corrected chi connectivity index (χ1v) is 8.38. The number of benzene rings is 2. The van der Waals surface area contributed by atoms with Gasteiger partial charge in [0.2, 0.25) is 0 Å². The monoisotopic (exact) mass is 367 g/mol. The van der Waals surface area contributed by atoms with Gasteiger partial charge in [-0.05, 0) is 42.0 Å². The Bertz CT molecular complexity index is 1010. The van der Waals surface area contributed by atoms with Crippen LogP contribution in [0.15, 0.2) is 42.5 Å². The maximum Gasteiger partial charge on any atom is 0.272 e. The number of halogens is 1. The van der Waals surface area contributed by atoms with Gasteiger partial charge in [-0.2, -0.15) is 5.10 Å². The van der Waals surface area contributed by atoms with E-state index in [2.05, 4.69) is 10.2 Å². The van der Waals surface area contributed by atoms with Gasteiger partial charge in [0.1, 0.15) is 11.5 Å². The molecule has 7 heteroatoms. The summed E-state index contributed by atoms with van der Waals surface area (Å²) in [4.78, 5) is 14.3. The molecule has 1 aromatic heterocycles. The maximum absolute atomic E-state index is 13.3. The molecule has 1 N–H and O–H groups in total. The Kier molecular flexibility index (Phi) is 4.07. The number of aromatic amines is 1. The molecular formula is C20H18FN3O3. The summed E-state index contributed by atoms with van der Waals surface area (Å²) in [5.41, 5.74) is 3.44. The summed E-state index contributed by atoms with van der Waals surface area (Å²) in [6.45, 7) is 0. The van der Waals surface area contributed by atoms with E-state index in [4.69, 9.17) is 9.47 Å². The van der Waals surface area contributed by atoms with Gasteiger partial charge in [-0.1, -0.05) is 6.07 Å². The first-order chi connectivity index (χ1) is 13.0. The number of amides is 1. The van der Waals surface area contributed by atoms with Crippen molar-refractivity contribution in [3.05, 3.63) is 65.1 Å². The normalized spacial score (nSPS) is 15.8. The van der Waals surface area contributed by atoms with E-state index in [1.165, 1.54) is 12.1 Å². The molecule has 27 heavy (non-hydrogen) atoms. The number of nitrogens with one attached hydrogen (secondary N) is 1. The molecule has 1 unspecified atom stereocenters. The van der Waals surface area contributed by atoms with Crippen LogP contribution < -0.4 is 9.47 Å². The lowest BCUT2D eigenvalue weighted by molar-refractivity contribution is 0.0787. The van der Waals surface area contributed by atoms with Crippen LogP contribution in [0.1, 0.15) is 27.7 Å². The quantitative estimate of drug-likeness (QED) is 0.767. The molecule has 0 aliphatic carbocycles. The summed E-state index contributed by atoms with van der Waals surface area (Å²) in [7, 11) is 4.88. The number of carbonyl (C=O) groups excluding carboxylic acids is 1. The number of carbonyl (C=O) groups is 1. The summed E-state index contributed by atoms with van der Waals surface area (Å²) in [6, 6.07) is 11.3. The van der Waals surface area contributed by atoms with Crippen LogP contribution in [-0.4, -0.2) is 42.3 Å². The van der Waals surface area contributed by atoms with E-state index < -0.39 is 0 Å². The average Bonchev–Trinajstić information content (AvgIpc) is 3.21. The Hall–Kier alpha value is -3.35. The number of ether oxygens (including phenoxy) is 2. The zero-order valence-electron chi connectivity index (χ0n) is 15.1. The Morgan fingerprint density at radius 1 is 1.07 bits per heavy atom. The predicted molar refractivity (Wildman–Crippen MR) is 97.5 cm³/mol. The van der Waals surface area contributed by atoms with E-state index in [1.54, 1.807) is 38.3 Å². The highest BCUT2D eigenvalue weighted by Crippen LogP contribution is 2.43. The largest absolute Gasteiger partial charge is 0.493 e. The number of hydrogen-bond donors (Lipinski definition) is 1. The number of methoxy groups -OCH3 is 2. The van der Waals surface area contributed by atoms with Crippen molar-refractivity contribution >= 4 is 5.91 Å². The molecule has 0 fully saturated rings. The number of aromatic nitrogens is 2. The van der Waals surface area contributed by atoms with Crippen LogP contribution in [-0.2, 0) is 0 Å². The van der Waals surface area contributed by atoms with Gasteiger partial charge in [0.25, 0.3) is 5.91 Å². The van der Waals surface area contributed by atoms with E-state index in [1.807, 2.05) is 18.2 Å². The van der Waals surface area contributed by atoms with E-state index in [0.29, 0.717) is 22.9 Å². The average molecular weight is 367 g/mol. The van der Waals surface area contributed by atoms with Gasteiger partial charge in [0.05, 0.1) is 26.0 Å². The summed E-state index contributed by atoms with van der Waals surface area (Å²) < 4.78 is 24.0. The highest BCUT2D eigenvalue weighted by atomic mass is 19.1. The fourth-order valence-corrected chi connectivity index (χ4v) is 3.51. The van der Waals surface area contributed by atoms with Gasteiger partial charge in [-0.15, -0.1) is 0 Å². The predicted octanol–water partition coefficient (Wildman–Crippen LogP) is 3.41. The molecule has 0 bridgehead atoms. The van der Waals surface area contributed by atoms with Gasteiger partial charge in [-0.25, -0.2) is 4.39 Å². The van der Waals surface area contributed by atoms with Gasteiger partial charge in [0, 0.05) is 18.2 Å². The van der Waals surface area contributed by atoms with Gasteiger partial charge >= 0.3 is 0 Å². The lowest BCUT2D eigenvalue weighted by Crippen LogP contribution is -2.24. The summed E-state index contributed by atoms with van der Waals surface area (Å²) in [6.07, 6.45) is 0. The van der Waals surface area contributed by atoms with E-state index in [0.717, 1.165) is 16.7 Å². The van der Waals surface area contributed by atoms with Crippen LogP contribution in [0.25, 0.3) is 11.3 Å². The molecule has 2 aromatic carbocycles. The van der Waals surface area contributed by atoms with Crippen molar-refractivity contribution in [2.24, 2.45) is 0 Å². The third-order valence-corrected chi connectivity index (χ3v) is 4.84. The smallest absolute Gasteiger partial charge is 0.272 e. The van der Waals surface area contributed by atoms with Crippen LogP contribution in [0.5, 0.6) is 11.5 Å². The highest BCUT2D eigenvalue weighted by Gasteiger charge is 2.40. The molecule has 2 heterocycles. The standard InChI is InChI=1S/C20H18FN3O3/c1-24-19(12-6-9-14(26-2)15(10-12)27-3)16-17(22-23-18(16)20(24)25)11-4-7-13(21)8-5-11/h4-10,19H,1-3H3,(H,22,23). The van der Waals surface area contributed by atoms with Crippen molar-refractivity contribution in [2.75, 3.05) is 21.3 Å². The lowest BCUT2D eigenvalue weighted by atomic mass is 9.96. The van der Waals surface area contributed by atoms with Crippen molar-refractivity contribution in [2.45, 2.75) is 6.04 Å². The third kappa shape index (κ3) is 2.63. The minimum Gasteiger partial charge on any atom is -0.493 e. The first-order valence-electron chi connectivity index (χ1n) is 8.38. The minimum atomic E-state index is -0.342. The number of H-pyrrole nitrogens is 1. The highest BCUT2D eigenvalue weighted by molar-refractivity contribution is 6.00. The SMILES string of the molecule is COc1ccc(C2c3c(-c4ccc(F)cc4)n[nH]c3C(=O)N2C)cc1OC. The summed E-state index contributed by atoms with van der Waals surface area (Å²) in [5.74, 6) is 0.719. The zero-order valence-corrected chi connectivity index (χ0v) is 15.1. The molecule has 1 aliphatic rings. The van der Waals surface area contributed by atoms with Crippen LogP contribution in [0.3, 0.4) is 0 Å². The molecule has 0 saturated carbocycles. The Morgan fingerprint density at radius 3 is 2.44 bits per heavy atom. The minimum absolute atomic E-state index is 0.148. The molecule has 1 amide bonds. The van der Waals surface area contributed by atoms with E-state index >= 15 is 0 Å². The van der Waals surface area contributed by atoms with E-state index in [9.17, 15) is 9.18 Å². The lowest BCUT2D eigenvalue weighted by Gasteiger charge is -2.23. The van der Waals surface area contributed by atoms with Crippen molar-refractivity contribution in [1.82, 2.24) is 15.1 Å². The van der Waals surface area contributed by atoms with Crippen molar-refractivity contribution in [3.63, 3.8) is 0 Å². The molecule has 1 aliphatic heterocycles. The number of fused-ring (bicyclic) bond motifs is 1. The van der Waals surface area contributed by atoms with Crippen LogP contribution >= 0.6 is 0 Å². The molecule has 0 radical (unpaired) electrons. The summed E-state index contributed by atoms with van der Waals surface area (Å²) >= 11 is 0. The molecule has 1 atom stereocenters. The molecule has 6 nitrogen and oxygen atoms in total. The maximum atomic E-state index is 13.3.